The summed E-state index contributed by atoms with van der Waals surface area (Å²) in [5, 5.41) is 2.53. The molecule has 0 spiro atoms. The van der Waals surface area contributed by atoms with Crippen LogP contribution in [0.25, 0.3) is 0 Å². The molecule has 10 heteroatoms. The zero-order chi connectivity index (χ0) is 21.0. The molecule has 1 aliphatic rings. The van der Waals surface area contributed by atoms with Gasteiger partial charge >= 0.3 is 5.97 Å². The van der Waals surface area contributed by atoms with Gasteiger partial charge in [-0.3, -0.25) is 13.9 Å². The van der Waals surface area contributed by atoms with Crippen LogP contribution in [-0.2, 0) is 19.6 Å². The van der Waals surface area contributed by atoms with Crippen LogP contribution in [0.5, 0.6) is 0 Å². The number of carbonyl (C=O) groups excluding carboxylic acids is 3. The molecule has 2 aromatic rings. The number of sulfonamides is 1. The van der Waals surface area contributed by atoms with Crippen LogP contribution in [0, 0.1) is 0 Å². The van der Waals surface area contributed by atoms with E-state index in [1.54, 1.807) is 0 Å². The van der Waals surface area contributed by atoms with Gasteiger partial charge in [-0.05, 0) is 55.0 Å². The van der Waals surface area contributed by atoms with Crippen molar-refractivity contribution in [3.63, 3.8) is 0 Å². The van der Waals surface area contributed by atoms with Crippen LogP contribution < -0.4 is 15.4 Å². The minimum absolute atomic E-state index is 0.108. The van der Waals surface area contributed by atoms with E-state index < -0.39 is 34.4 Å². The first kappa shape index (κ1) is 20.3. The van der Waals surface area contributed by atoms with Crippen molar-refractivity contribution < 1.29 is 27.5 Å². The second kappa shape index (κ2) is 8.31. The molecule has 0 atom stereocenters. The van der Waals surface area contributed by atoms with Crippen molar-refractivity contribution in [2.24, 2.45) is 5.73 Å². The first-order chi connectivity index (χ1) is 13.8. The van der Waals surface area contributed by atoms with Crippen LogP contribution >= 0.6 is 0 Å². The lowest BCUT2D eigenvalue weighted by molar-refractivity contribution is -0.119. The molecule has 0 bridgehead atoms. The Balaban J connectivity index is 1.53. The molecule has 1 fully saturated rings. The van der Waals surface area contributed by atoms with Crippen molar-refractivity contribution in [2.75, 3.05) is 28.5 Å². The smallest absolute Gasteiger partial charge is 0.338 e. The number of ether oxygens (including phenoxy) is 1. The fraction of sp³-hybridized carbons (Fsp3) is 0.211. The van der Waals surface area contributed by atoms with Crippen molar-refractivity contribution in [3.05, 3.63) is 59.7 Å². The van der Waals surface area contributed by atoms with Gasteiger partial charge in [-0.15, -0.1) is 0 Å². The number of hydrogen-bond donors (Lipinski definition) is 2. The van der Waals surface area contributed by atoms with Gasteiger partial charge in [0.05, 0.1) is 17.0 Å². The molecule has 0 aromatic heterocycles. The second-order valence-corrected chi connectivity index (χ2v) is 8.37. The molecule has 0 unspecified atom stereocenters. The number of hydrogen-bond acceptors (Lipinski definition) is 6. The normalized spacial score (nSPS) is 15.0. The first-order valence-electron chi connectivity index (χ1n) is 8.73. The van der Waals surface area contributed by atoms with Gasteiger partial charge < -0.3 is 15.8 Å². The van der Waals surface area contributed by atoms with E-state index in [0.29, 0.717) is 29.9 Å². The maximum absolute atomic E-state index is 12.1. The van der Waals surface area contributed by atoms with Gasteiger partial charge in [0.2, 0.25) is 15.9 Å². The van der Waals surface area contributed by atoms with Gasteiger partial charge in [0.25, 0.3) is 5.91 Å². The summed E-state index contributed by atoms with van der Waals surface area (Å²) in [6, 6.07) is 11.9. The van der Waals surface area contributed by atoms with Crippen molar-refractivity contribution >= 4 is 39.2 Å². The number of anilines is 2. The quantitative estimate of drug-likeness (QED) is 0.676. The summed E-state index contributed by atoms with van der Waals surface area (Å²) in [5.41, 5.74) is 6.55. The van der Waals surface area contributed by atoms with Crippen LogP contribution in [0.3, 0.4) is 0 Å². The van der Waals surface area contributed by atoms with E-state index >= 15 is 0 Å². The summed E-state index contributed by atoms with van der Waals surface area (Å²) in [6.45, 7) is -0.0919. The lowest BCUT2D eigenvalue weighted by Crippen LogP contribution is -2.25. The minimum atomic E-state index is -3.29. The Bertz CT molecular complexity index is 1030. The number of nitrogens with two attached hydrogens (primary N) is 1. The number of nitrogens with zero attached hydrogens (tertiary/aromatic N) is 1. The Labute approximate surface area is 167 Å². The average Bonchev–Trinajstić information content (AvgIpc) is 3.05. The van der Waals surface area contributed by atoms with Crippen LogP contribution in [0.1, 0.15) is 27.1 Å². The van der Waals surface area contributed by atoms with E-state index in [4.69, 9.17) is 10.5 Å². The summed E-state index contributed by atoms with van der Waals surface area (Å²) in [5.74, 6) is -1.73. The fourth-order valence-corrected chi connectivity index (χ4v) is 4.39. The maximum atomic E-state index is 12.1. The Kier molecular flexibility index (Phi) is 5.83. The van der Waals surface area contributed by atoms with Gasteiger partial charge in [0.15, 0.2) is 6.61 Å². The van der Waals surface area contributed by atoms with Crippen LogP contribution in [0.2, 0.25) is 0 Å². The highest BCUT2D eigenvalue weighted by molar-refractivity contribution is 7.93. The molecule has 2 aromatic carbocycles. The van der Waals surface area contributed by atoms with Crippen molar-refractivity contribution in [2.45, 2.75) is 6.42 Å². The average molecular weight is 417 g/mol. The molecule has 1 saturated heterocycles. The molecule has 0 radical (unpaired) electrons. The summed E-state index contributed by atoms with van der Waals surface area (Å²) >= 11 is 0. The van der Waals surface area contributed by atoms with Gasteiger partial charge in [-0.25, -0.2) is 13.2 Å². The summed E-state index contributed by atoms with van der Waals surface area (Å²) in [7, 11) is -3.29. The molecular formula is C19H19N3O6S. The molecule has 1 aliphatic heterocycles. The van der Waals surface area contributed by atoms with E-state index in [-0.39, 0.29) is 11.3 Å². The molecule has 0 saturated carbocycles. The summed E-state index contributed by atoms with van der Waals surface area (Å²) in [6.07, 6.45) is 0.562. The minimum Gasteiger partial charge on any atom is -0.452 e. The second-order valence-electron chi connectivity index (χ2n) is 6.35. The monoisotopic (exact) mass is 417 g/mol. The Morgan fingerprint density at radius 3 is 2.17 bits per heavy atom. The van der Waals surface area contributed by atoms with Gasteiger partial charge in [-0.1, -0.05) is 0 Å². The van der Waals surface area contributed by atoms with Crippen LogP contribution in [-0.4, -0.2) is 45.1 Å². The first-order valence-corrected chi connectivity index (χ1v) is 10.3. The highest BCUT2D eigenvalue weighted by atomic mass is 32.2. The Hall–Kier alpha value is -3.40. The predicted molar refractivity (Wildman–Crippen MR) is 106 cm³/mol. The van der Waals surface area contributed by atoms with Crippen LogP contribution in [0.4, 0.5) is 11.4 Å². The zero-order valence-electron chi connectivity index (χ0n) is 15.3. The SMILES string of the molecule is NC(=O)c1ccc(NC(=O)COC(=O)c2ccc(N3CCCS3(=O)=O)cc2)cc1. The van der Waals surface area contributed by atoms with E-state index in [2.05, 4.69) is 5.32 Å². The molecule has 152 valence electrons. The topological polar surface area (TPSA) is 136 Å². The van der Waals surface area contributed by atoms with Crippen molar-refractivity contribution in [3.8, 4) is 0 Å². The number of carbonyl (C=O) groups is 3. The third kappa shape index (κ3) is 4.91. The maximum Gasteiger partial charge on any atom is 0.338 e. The highest BCUT2D eigenvalue weighted by Crippen LogP contribution is 2.24. The number of benzene rings is 2. The standard InChI is InChI=1S/C19H19N3O6S/c20-18(24)13-2-6-15(7-3-13)21-17(23)12-28-19(25)14-4-8-16(9-5-14)22-10-1-11-29(22,26)27/h2-9H,1,10-12H2,(H2,20,24)(H,21,23). The zero-order valence-corrected chi connectivity index (χ0v) is 16.1. The van der Waals surface area contributed by atoms with E-state index in [9.17, 15) is 22.8 Å². The molecule has 0 aliphatic carbocycles. The molecule has 29 heavy (non-hydrogen) atoms. The number of esters is 1. The van der Waals surface area contributed by atoms with E-state index in [1.165, 1.54) is 52.8 Å². The van der Waals surface area contributed by atoms with Gasteiger partial charge in [-0.2, -0.15) is 0 Å². The fourth-order valence-electron chi connectivity index (χ4n) is 2.82. The Morgan fingerprint density at radius 1 is 1.00 bits per heavy atom. The van der Waals surface area contributed by atoms with Crippen LogP contribution in [0.15, 0.2) is 48.5 Å². The molecule has 3 rings (SSSR count). The van der Waals surface area contributed by atoms with E-state index in [1.807, 2.05) is 0 Å². The molecule has 9 nitrogen and oxygen atoms in total. The molecule has 3 N–H and O–H groups in total. The Morgan fingerprint density at radius 2 is 1.62 bits per heavy atom. The largest absolute Gasteiger partial charge is 0.452 e. The number of amides is 2. The third-order valence-electron chi connectivity index (χ3n) is 4.28. The van der Waals surface area contributed by atoms with Crippen molar-refractivity contribution in [1.29, 1.82) is 0 Å². The molecular weight excluding hydrogens is 398 g/mol. The highest BCUT2D eigenvalue weighted by Gasteiger charge is 2.28. The summed E-state index contributed by atoms with van der Waals surface area (Å²) < 4.78 is 30.1. The molecule has 2 amide bonds. The van der Waals surface area contributed by atoms with Gasteiger partial charge in [0.1, 0.15) is 0 Å². The predicted octanol–water partition coefficient (Wildman–Crippen LogP) is 1.12. The number of primary amides is 1. The molecule has 1 heterocycles. The number of rotatable bonds is 6. The van der Waals surface area contributed by atoms with Crippen molar-refractivity contribution in [1.82, 2.24) is 0 Å². The van der Waals surface area contributed by atoms with Gasteiger partial charge in [0, 0.05) is 17.8 Å². The lowest BCUT2D eigenvalue weighted by atomic mass is 10.2. The number of nitrogens with one attached hydrogen (secondary N) is 1. The summed E-state index contributed by atoms with van der Waals surface area (Å²) in [4.78, 5) is 35.0. The van der Waals surface area contributed by atoms with E-state index in [0.717, 1.165) is 0 Å². The lowest BCUT2D eigenvalue weighted by Gasteiger charge is -2.16. The third-order valence-corrected chi connectivity index (χ3v) is 6.15.